The fourth-order valence-electron chi connectivity index (χ4n) is 5.03. The summed E-state index contributed by atoms with van der Waals surface area (Å²) in [6.45, 7) is 4.85. The van der Waals surface area contributed by atoms with Crippen LogP contribution < -0.4 is 4.74 Å². The van der Waals surface area contributed by atoms with Gasteiger partial charge in [-0.05, 0) is 29.3 Å². The monoisotopic (exact) mass is 679 g/mol. The molecule has 48 heavy (non-hydrogen) atoms. The number of aromatic nitrogens is 1. The molecule has 13 heteroatoms. The molecule has 254 valence electrons. The fraction of sp³-hybridized carbons (Fsp3) is 0.371. The lowest BCUT2D eigenvalue weighted by atomic mass is 10.0. The Morgan fingerprint density at radius 1 is 0.708 bits per heavy atom. The van der Waals surface area contributed by atoms with Gasteiger partial charge in [0, 0.05) is 52.3 Å². The first-order valence-electron chi connectivity index (χ1n) is 15.2. The number of nitrogens with zero attached hydrogens (tertiary/aromatic N) is 1. The van der Waals surface area contributed by atoms with E-state index in [1.54, 1.807) is 36.5 Å². The average Bonchev–Trinajstić information content (AvgIpc) is 3.04. The van der Waals surface area contributed by atoms with E-state index in [0.29, 0.717) is 24.2 Å². The van der Waals surface area contributed by atoms with Crippen LogP contribution in [0.25, 0.3) is 0 Å². The number of esters is 5. The highest BCUT2D eigenvalue weighted by molar-refractivity contribution is 8.00. The lowest BCUT2D eigenvalue weighted by molar-refractivity contribution is -0.190. The summed E-state index contributed by atoms with van der Waals surface area (Å²) in [4.78, 5) is 64.6. The molecule has 1 saturated heterocycles. The van der Waals surface area contributed by atoms with E-state index in [1.165, 1.54) is 33.9 Å². The van der Waals surface area contributed by atoms with Gasteiger partial charge in [0.05, 0.1) is 23.6 Å². The summed E-state index contributed by atoms with van der Waals surface area (Å²) in [6.07, 6.45) is 0.573. The standard InChI is InChI=1S/C35H37NO11S/c1-21(37)43-20-30-31(44-22(2)38)32(45-23(3)39)33(46-24(4)40)35(48-30)47-29-19-36-16-14-28(29)18-26-12-10-25(11-13-26)15-17-42-34(41)27-8-6-5-7-9-27/h5-14,16,19,30-33,35H,15,17-18,20H2,1-4H3/t30-,31-,32+,33-,35-/m1/s1. The Labute approximate surface area is 282 Å². The molecule has 0 amide bonds. The number of rotatable bonds is 13. The summed E-state index contributed by atoms with van der Waals surface area (Å²) in [5.74, 6) is -2.60. The molecule has 0 unspecified atom stereocenters. The number of benzene rings is 2. The molecule has 3 aromatic rings. The number of carbonyl (C=O) groups excluding carboxylic acids is 5. The molecule has 2 aromatic carbocycles. The predicted octanol–water partition coefficient (Wildman–Crippen LogP) is 4.25. The number of hydrogen-bond donors (Lipinski definition) is 0. The number of ether oxygens (including phenoxy) is 6. The molecule has 2 heterocycles. The van der Waals surface area contributed by atoms with Crippen LogP contribution in [0.4, 0.5) is 0 Å². The zero-order valence-electron chi connectivity index (χ0n) is 27.0. The van der Waals surface area contributed by atoms with E-state index in [2.05, 4.69) is 4.98 Å². The second-order valence-electron chi connectivity index (χ2n) is 10.9. The third-order valence-electron chi connectivity index (χ3n) is 7.11. The second kappa shape index (κ2) is 17.3. The summed E-state index contributed by atoms with van der Waals surface area (Å²) >= 11 is 1.12. The maximum Gasteiger partial charge on any atom is 0.338 e. The van der Waals surface area contributed by atoms with Crippen molar-refractivity contribution in [3.63, 3.8) is 0 Å². The first kappa shape index (κ1) is 35.9. The summed E-state index contributed by atoms with van der Waals surface area (Å²) in [5.41, 5.74) is 2.24. The van der Waals surface area contributed by atoms with Crippen LogP contribution in [-0.4, -0.2) is 77.0 Å². The molecule has 0 radical (unpaired) electrons. The summed E-state index contributed by atoms with van der Waals surface area (Å²) in [5, 5.41) is -0.737. The number of pyridine rings is 1. The number of carbonyl (C=O) groups is 5. The molecule has 1 aromatic heterocycles. The Hall–Kier alpha value is -4.91. The molecule has 0 bridgehead atoms. The molecule has 12 nitrogen and oxygen atoms in total. The molecule has 1 fully saturated rings. The SMILES string of the molecule is CC(=O)OC[C@H]1S[C@@H](Oc2cnccc2Cc2ccc(CCOC(=O)c3ccccc3)cc2)[C@H](OC(C)=O)[C@@H](OC(C)=O)[C@@H]1OC(C)=O. The van der Waals surface area contributed by atoms with Crippen molar-refractivity contribution in [2.45, 2.75) is 69.5 Å². The minimum Gasteiger partial charge on any atom is -0.474 e. The van der Waals surface area contributed by atoms with Crippen LogP contribution in [0.3, 0.4) is 0 Å². The summed E-state index contributed by atoms with van der Waals surface area (Å²) in [7, 11) is 0. The van der Waals surface area contributed by atoms with Gasteiger partial charge in [-0.15, -0.1) is 11.8 Å². The lowest BCUT2D eigenvalue weighted by Gasteiger charge is -2.43. The van der Waals surface area contributed by atoms with E-state index >= 15 is 0 Å². The van der Waals surface area contributed by atoms with Crippen LogP contribution in [0, 0.1) is 0 Å². The van der Waals surface area contributed by atoms with Gasteiger partial charge in [-0.3, -0.25) is 24.2 Å². The van der Waals surface area contributed by atoms with Gasteiger partial charge < -0.3 is 28.4 Å². The van der Waals surface area contributed by atoms with Crippen molar-refractivity contribution in [2.75, 3.05) is 13.2 Å². The van der Waals surface area contributed by atoms with E-state index in [1.807, 2.05) is 30.3 Å². The molecule has 0 aliphatic carbocycles. The van der Waals surface area contributed by atoms with Gasteiger partial charge in [0.1, 0.15) is 12.4 Å². The fourth-order valence-corrected chi connectivity index (χ4v) is 6.41. The van der Waals surface area contributed by atoms with Crippen molar-refractivity contribution in [2.24, 2.45) is 0 Å². The van der Waals surface area contributed by atoms with Gasteiger partial charge in [0.15, 0.2) is 23.7 Å². The van der Waals surface area contributed by atoms with E-state index in [0.717, 1.165) is 28.5 Å². The molecule has 1 aliphatic rings. The quantitative estimate of drug-likeness (QED) is 0.187. The van der Waals surface area contributed by atoms with Gasteiger partial charge in [0.2, 0.25) is 0 Å². The topological polar surface area (TPSA) is 154 Å². The van der Waals surface area contributed by atoms with Crippen molar-refractivity contribution < 1.29 is 52.4 Å². The molecule has 1 aliphatic heterocycles. The van der Waals surface area contributed by atoms with Crippen LogP contribution in [0.15, 0.2) is 73.1 Å². The third-order valence-corrected chi connectivity index (χ3v) is 8.50. The maximum atomic E-state index is 12.2. The smallest absolute Gasteiger partial charge is 0.338 e. The zero-order valence-corrected chi connectivity index (χ0v) is 27.8. The molecule has 0 saturated carbocycles. The predicted molar refractivity (Wildman–Crippen MR) is 173 cm³/mol. The summed E-state index contributed by atoms with van der Waals surface area (Å²) < 4.78 is 33.7. The van der Waals surface area contributed by atoms with Gasteiger partial charge in [-0.25, -0.2) is 4.79 Å². The van der Waals surface area contributed by atoms with E-state index < -0.39 is 52.9 Å². The van der Waals surface area contributed by atoms with E-state index in [-0.39, 0.29) is 19.2 Å². The van der Waals surface area contributed by atoms with Crippen molar-refractivity contribution in [3.05, 3.63) is 95.3 Å². The average molecular weight is 680 g/mol. The normalized spacial score (nSPS) is 20.1. The molecule has 0 N–H and O–H groups in total. The molecule has 4 rings (SSSR count). The van der Waals surface area contributed by atoms with E-state index in [9.17, 15) is 24.0 Å². The molecule has 0 spiro atoms. The van der Waals surface area contributed by atoms with Crippen LogP contribution in [0.5, 0.6) is 5.75 Å². The van der Waals surface area contributed by atoms with Crippen LogP contribution in [0.2, 0.25) is 0 Å². The lowest BCUT2D eigenvalue weighted by Crippen LogP contribution is -2.59. The minimum absolute atomic E-state index is 0.194. The Morgan fingerprint density at radius 3 is 1.98 bits per heavy atom. The van der Waals surface area contributed by atoms with Crippen molar-refractivity contribution in [1.82, 2.24) is 4.98 Å². The van der Waals surface area contributed by atoms with Crippen LogP contribution in [0.1, 0.15) is 54.7 Å². The molecule has 5 atom stereocenters. The van der Waals surface area contributed by atoms with Crippen LogP contribution >= 0.6 is 11.8 Å². The van der Waals surface area contributed by atoms with Gasteiger partial charge in [-0.2, -0.15) is 0 Å². The second-order valence-corrected chi connectivity index (χ2v) is 12.3. The van der Waals surface area contributed by atoms with Gasteiger partial charge in [-0.1, -0.05) is 42.5 Å². The highest BCUT2D eigenvalue weighted by Gasteiger charge is 2.53. The van der Waals surface area contributed by atoms with Gasteiger partial charge >= 0.3 is 29.8 Å². The number of hydrogen-bond acceptors (Lipinski definition) is 13. The molecular weight excluding hydrogens is 642 g/mol. The number of thioether (sulfide) groups is 1. The Morgan fingerprint density at radius 2 is 1.33 bits per heavy atom. The zero-order chi connectivity index (χ0) is 34.6. The highest BCUT2D eigenvalue weighted by atomic mass is 32.2. The summed E-state index contributed by atoms with van der Waals surface area (Å²) in [6, 6.07) is 18.4. The highest BCUT2D eigenvalue weighted by Crippen LogP contribution is 2.40. The van der Waals surface area contributed by atoms with E-state index in [4.69, 9.17) is 28.4 Å². The third kappa shape index (κ3) is 10.6. The molecular formula is C35H37NO11S. The maximum absolute atomic E-state index is 12.2. The Balaban J connectivity index is 1.51. The van der Waals surface area contributed by atoms with Crippen molar-refractivity contribution in [3.8, 4) is 5.75 Å². The van der Waals surface area contributed by atoms with Crippen LogP contribution in [-0.2, 0) is 55.7 Å². The van der Waals surface area contributed by atoms with Crippen molar-refractivity contribution >= 4 is 41.6 Å². The first-order valence-corrected chi connectivity index (χ1v) is 16.1. The van der Waals surface area contributed by atoms with Gasteiger partial charge in [0.25, 0.3) is 0 Å². The largest absolute Gasteiger partial charge is 0.474 e. The Kier molecular flexibility index (Phi) is 13.0. The van der Waals surface area contributed by atoms with Crippen molar-refractivity contribution in [1.29, 1.82) is 0 Å². The Bertz CT molecular complexity index is 1580. The minimum atomic E-state index is -1.26. The first-order chi connectivity index (χ1) is 23.0.